The average molecular weight is 315 g/mol. The SMILES string of the molecule is CCOc1cc(/C=N\NC(=O)c2ccc(=O)n(C)c2)ccc1O. The van der Waals surface area contributed by atoms with E-state index in [1.807, 2.05) is 6.92 Å². The molecule has 0 saturated heterocycles. The molecule has 1 heterocycles. The first kappa shape index (κ1) is 16.3. The molecule has 0 fully saturated rings. The Labute approximate surface area is 132 Å². The van der Waals surface area contributed by atoms with Crippen molar-refractivity contribution in [3.05, 3.63) is 58.0 Å². The van der Waals surface area contributed by atoms with E-state index in [2.05, 4.69) is 10.5 Å². The monoisotopic (exact) mass is 315 g/mol. The van der Waals surface area contributed by atoms with Gasteiger partial charge in [-0.3, -0.25) is 9.59 Å². The highest BCUT2D eigenvalue weighted by Gasteiger charge is 2.05. The molecule has 1 aromatic heterocycles. The van der Waals surface area contributed by atoms with E-state index in [-0.39, 0.29) is 11.3 Å². The van der Waals surface area contributed by atoms with Gasteiger partial charge in [-0.1, -0.05) is 0 Å². The summed E-state index contributed by atoms with van der Waals surface area (Å²) in [5.74, 6) is -0.0419. The predicted octanol–water partition coefficient (Wildman–Crippen LogP) is 1.25. The minimum Gasteiger partial charge on any atom is -0.504 e. The Bertz CT molecular complexity index is 796. The number of amides is 1. The van der Waals surface area contributed by atoms with E-state index in [9.17, 15) is 14.7 Å². The van der Waals surface area contributed by atoms with Crippen LogP contribution in [0.25, 0.3) is 0 Å². The fraction of sp³-hybridized carbons (Fsp3) is 0.188. The molecule has 2 N–H and O–H groups in total. The molecule has 120 valence electrons. The summed E-state index contributed by atoms with van der Waals surface area (Å²) in [5, 5.41) is 13.5. The minimum atomic E-state index is -0.430. The molecule has 0 aliphatic heterocycles. The highest BCUT2D eigenvalue weighted by Crippen LogP contribution is 2.26. The van der Waals surface area contributed by atoms with Gasteiger partial charge in [0.2, 0.25) is 5.56 Å². The Balaban J connectivity index is 2.06. The Morgan fingerprint density at radius 1 is 1.39 bits per heavy atom. The molecule has 0 spiro atoms. The van der Waals surface area contributed by atoms with Gasteiger partial charge in [-0.05, 0) is 36.8 Å². The second-order valence-electron chi connectivity index (χ2n) is 4.73. The van der Waals surface area contributed by atoms with Crippen LogP contribution in [0.5, 0.6) is 11.5 Å². The summed E-state index contributed by atoms with van der Waals surface area (Å²) in [6, 6.07) is 7.48. The number of pyridine rings is 1. The number of phenols is 1. The van der Waals surface area contributed by atoms with Gasteiger partial charge in [0.1, 0.15) is 0 Å². The van der Waals surface area contributed by atoms with Crippen molar-refractivity contribution in [2.75, 3.05) is 6.61 Å². The molecule has 0 radical (unpaired) electrons. The maximum atomic E-state index is 11.9. The largest absolute Gasteiger partial charge is 0.504 e. The molecule has 2 rings (SSSR count). The lowest BCUT2D eigenvalue weighted by molar-refractivity contribution is 0.0954. The topological polar surface area (TPSA) is 92.9 Å². The van der Waals surface area contributed by atoms with Crippen LogP contribution in [0.1, 0.15) is 22.8 Å². The number of carbonyl (C=O) groups is 1. The molecule has 0 aliphatic rings. The van der Waals surface area contributed by atoms with Gasteiger partial charge < -0.3 is 14.4 Å². The van der Waals surface area contributed by atoms with E-state index in [4.69, 9.17) is 4.74 Å². The first-order valence-electron chi connectivity index (χ1n) is 6.97. The van der Waals surface area contributed by atoms with Gasteiger partial charge >= 0.3 is 0 Å². The predicted molar refractivity (Wildman–Crippen MR) is 86.0 cm³/mol. The summed E-state index contributed by atoms with van der Waals surface area (Å²) in [6.45, 7) is 2.24. The number of nitrogens with zero attached hydrogens (tertiary/aromatic N) is 2. The van der Waals surface area contributed by atoms with Crippen molar-refractivity contribution < 1.29 is 14.6 Å². The first-order chi connectivity index (χ1) is 11.0. The van der Waals surface area contributed by atoms with Crippen molar-refractivity contribution in [2.45, 2.75) is 6.92 Å². The van der Waals surface area contributed by atoms with Crippen LogP contribution < -0.4 is 15.7 Å². The van der Waals surface area contributed by atoms with Gasteiger partial charge in [-0.25, -0.2) is 5.43 Å². The number of hydrogen-bond donors (Lipinski definition) is 2. The molecule has 1 amide bonds. The Hall–Kier alpha value is -3.09. The number of aromatic hydroxyl groups is 1. The van der Waals surface area contributed by atoms with Crippen LogP contribution in [0, 0.1) is 0 Å². The Kier molecular flexibility index (Phi) is 5.14. The van der Waals surface area contributed by atoms with Crippen molar-refractivity contribution in [2.24, 2.45) is 12.1 Å². The van der Waals surface area contributed by atoms with E-state index in [1.165, 1.54) is 35.2 Å². The zero-order chi connectivity index (χ0) is 16.8. The maximum absolute atomic E-state index is 11.9. The van der Waals surface area contributed by atoms with Crippen LogP contribution >= 0.6 is 0 Å². The zero-order valence-corrected chi connectivity index (χ0v) is 12.8. The number of hydrogen-bond acceptors (Lipinski definition) is 5. The Morgan fingerprint density at radius 2 is 2.17 bits per heavy atom. The molecule has 0 atom stereocenters. The summed E-state index contributed by atoms with van der Waals surface area (Å²) >= 11 is 0. The fourth-order valence-electron chi connectivity index (χ4n) is 1.84. The molecule has 2 aromatic rings. The number of nitrogens with one attached hydrogen (secondary N) is 1. The van der Waals surface area contributed by atoms with Gasteiger partial charge in [0.15, 0.2) is 11.5 Å². The lowest BCUT2D eigenvalue weighted by Gasteiger charge is -2.06. The quantitative estimate of drug-likeness (QED) is 0.641. The molecule has 0 bridgehead atoms. The van der Waals surface area contributed by atoms with E-state index >= 15 is 0 Å². The summed E-state index contributed by atoms with van der Waals surface area (Å²) in [5.41, 5.74) is 3.16. The molecule has 1 aromatic carbocycles. The zero-order valence-electron chi connectivity index (χ0n) is 12.8. The molecular formula is C16H17N3O4. The summed E-state index contributed by atoms with van der Waals surface area (Å²) in [6.07, 6.45) is 2.86. The number of hydrazone groups is 1. The van der Waals surface area contributed by atoms with E-state index in [1.54, 1.807) is 19.2 Å². The fourth-order valence-corrected chi connectivity index (χ4v) is 1.84. The van der Waals surface area contributed by atoms with Gasteiger partial charge in [-0.2, -0.15) is 5.10 Å². The molecule has 7 heteroatoms. The second-order valence-corrected chi connectivity index (χ2v) is 4.73. The highest BCUT2D eigenvalue weighted by atomic mass is 16.5. The van der Waals surface area contributed by atoms with Crippen LogP contribution in [-0.2, 0) is 7.05 Å². The van der Waals surface area contributed by atoms with Crippen LogP contribution in [-0.4, -0.2) is 28.4 Å². The number of rotatable bonds is 5. The molecule has 0 saturated carbocycles. The molecule has 23 heavy (non-hydrogen) atoms. The summed E-state index contributed by atoms with van der Waals surface area (Å²) in [7, 11) is 1.56. The lowest BCUT2D eigenvalue weighted by Crippen LogP contribution is -2.22. The van der Waals surface area contributed by atoms with E-state index in [0.717, 1.165) is 0 Å². The van der Waals surface area contributed by atoms with Crippen molar-refractivity contribution in [3.63, 3.8) is 0 Å². The summed E-state index contributed by atoms with van der Waals surface area (Å²) < 4.78 is 6.58. The molecular weight excluding hydrogens is 298 g/mol. The van der Waals surface area contributed by atoms with Crippen LogP contribution in [0.3, 0.4) is 0 Å². The van der Waals surface area contributed by atoms with Crippen molar-refractivity contribution in [1.29, 1.82) is 0 Å². The third-order valence-corrected chi connectivity index (χ3v) is 3.01. The van der Waals surface area contributed by atoms with Crippen LogP contribution in [0.4, 0.5) is 0 Å². The second kappa shape index (κ2) is 7.26. The third kappa shape index (κ3) is 4.19. The highest BCUT2D eigenvalue weighted by molar-refractivity contribution is 5.94. The van der Waals surface area contributed by atoms with Crippen molar-refractivity contribution in [3.8, 4) is 11.5 Å². The van der Waals surface area contributed by atoms with Crippen molar-refractivity contribution >= 4 is 12.1 Å². The maximum Gasteiger partial charge on any atom is 0.272 e. The van der Waals surface area contributed by atoms with E-state index in [0.29, 0.717) is 23.5 Å². The molecule has 7 nitrogen and oxygen atoms in total. The first-order valence-corrected chi connectivity index (χ1v) is 6.97. The van der Waals surface area contributed by atoms with Gasteiger partial charge in [0, 0.05) is 19.3 Å². The number of benzene rings is 1. The van der Waals surface area contributed by atoms with Crippen LogP contribution in [0.2, 0.25) is 0 Å². The van der Waals surface area contributed by atoms with Crippen molar-refractivity contribution in [1.82, 2.24) is 9.99 Å². The number of ether oxygens (including phenoxy) is 1. The molecule has 0 unspecified atom stereocenters. The third-order valence-electron chi connectivity index (χ3n) is 3.01. The van der Waals surface area contributed by atoms with E-state index < -0.39 is 5.91 Å². The average Bonchev–Trinajstić information content (AvgIpc) is 2.53. The number of phenolic OH excluding ortho intramolecular Hbond substituents is 1. The minimum absolute atomic E-state index is 0.0400. The number of carbonyl (C=O) groups excluding carboxylic acids is 1. The standard InChI is InChI=1S/C16H17N3O4/c1-3-23-14-8-11(4-6-13(14)20)9-17-18-16(22)12-5-7-15(21)19(2)10-12/h4-10,20H,3H2,1-2H3,(H,18,22)/b17-9-. The smallest absolute Gasteiger partial charge is 0.272 e. The van der Waals surface area contributed by atoms with Crippen LogP contribution in [0.15, 0.2) is 46.4 Å². The van der Waals surface area contributed by atoms with Gasteiger partial charge in [-0.15, -0.1) is 0 Å². The molecule has 0 aliphatic carbocycles. The number of aryl methyl sites for hydroxylation is 1. The van der Waals surface area contributed by atoms with Gasteiger partial charge in [0.05, 0.1) is 18.4 Å². The lowest BCUT2D eigenvalue weighted by atomic mass is 10.2. The Morgan fingerprint density at radius 3 is 2.87 bits per heavy atom. The number of aromatic nitrogens is 1. The normalized spacial score (nSPS) is 10.7. The summed E-state index contributed by atoms with van der Waals surface area (Å²) in [4.78, 5) is 23.2. The van der Waals surface area contributed by atoms with Gasteiger partial charge in [0.25, 0.3) is 5.91 Å².